The summed E-state index contributed by atoms with van der Waals surface area (Å²) in [6.07, 6.45) is 3.35. The molecular weight excluding hydrogens is 328 g/mol. The van der Waals surface area contributed by atoms with E-state index in [2.05, 4.69) is 10.00 Å². The second-order valence-electron chi connectivity index (χ2n) is 7.49. The molecule has 2 aliphatic heterocycles. The molecule has 2 fully saturated rings. The summed E-state index contributed by atoms with van der Waals surface area (Å²) in [7, 11) is 1.90. The summed E-state index contributed by atoms with van der Waals surface area (Å²) in [5.41, 5.74) is 1.60. The number of benzene rings is 1. The van der Waals surface area contributed by atoms with E-state index >= 15 is 0 Å². The van der Waals surface area contributed by atoms with E-state index in [0.29, 0.717) is 11.6 Å². The highest BCUT2D eigenvalue weighted by atomic mass is 16.5. The van der Waals surface area contributed by atoms with Crippen LogP contribution in [0.1, 0.15) is 29.8 Å². The molecule has 3 heterocycles. The number of morpholine rings is 1. The Morgan fingerprint density at radius 3 is 2.81 bits per heavy atom. The number of rotatable bonds is 3. The Labute approximate surface area is 154 Å². The Kier molecular flexibility index (Phi) is 5.22. The van der Waals surface area contributed by atoms with E-state index in [1.165, 1.54) is 6.42 Å². The summed E-state index contributed by atoms with van der Waals surface area (Å²) >= 11 is 0. The summed E-state index contributed by atoms with van der Waals surface area (Å²) < 4.78 is 7.25. The fourth-order valence-corrected chi connectivity index (χ4v) is 4.22. The molecule has 0 radical (unpaired) electrons. The minimum absolute atomic E-state index is 0.0776. The third-order valence-corrected chi connectivity index (χ3v) is 5.72. The molecular formula is C20H28N4O2. The predicted octanol–water partition coefficient (Wildman–Crippen LogP) is 2.15. The van der Waals surface area contributed by atoms with Crippen LogP contribution >= 0.6 is 0 Å². The van der Waals surface area contributed by atoms with Crippen LogP contribution in [0.3, 0.4) is 0 Å². The molecule has 1 unspecified atom stereocenters. The monoisotopic (exact) mass is 356 g/mol. The van der Waals surface area contributed by atoms with Crippen LogP contribution in [0.15, 0.2) is 24.3 Å². The Morgan fingerprint density at radius 1 is 1.15 bits per heavy atom. The molecule has 0 spiro atoms. The zero-order valence-electron chi connectivity index (χ0n) is 15.6. The molecule has 0 aliphatic carbocycles. The van der Waals surface area contributed by atoms with Gasteiger partial charge in [0.1, 0.15) is 0 Å². The number of aryl methyl sites for hydroxylation is 1. The molecule has 1 aromatic heterocycles. The van der Waals surface area contributed by atoms with Gasteiger partial charge in [0, 0.05) is 45.2 Å². The molecule has 0 saturated carbocycles. The molecule has 2 aromatic rings. The predicted molar refractivity (Wildman–Crippen MR) is 101 cm³/mol. The van der Waals surface area contributed by atoms with E-state index < -0.39 is 0 Å². The van der Waals surface area contributed by atoms with Crippen molar-refractivity contribution in [2.24, 2.45) is 13.0 Å². The first-order valence-electron chi connectivity index (χ1n) is 9.73. The lowest BCUT2D eigenvalue weighted by Crippen LogP contribution is -2.39. The van der Waals surface area contributed by atoms with Crippen LogP contribution in [0.5, 0.6) is 0 Å². The molecule has 6 nitrogen and oxygen atoms in total. The lowest BCUT2D eigenvalue weighted by molar-refractivity contribution is 0.0296. The fourth-order valence-electron chi connectivity index (χ4n) is 4.22. The number of carbonyl (C=O) groups excluding carboxylic acids is 1. The van der Waals surface area contributed by atoms with Crippen molar-refractivity contribution in [3.8, 4) is 0 Å². The van der Waals surface area contributed by atoms with Crippen molar-refractivity contribution < 1.29 is 9.53 Å². The number of ether oxygens (including phenoxy) is 1. The van der Waals surface area contributed by atoms with Gasteiger partial charge in [-0.15, -0.1) is 0 Å². The third kappa shape index (κ3) is 3.62. The van der Waals surface area contributed by atoms with Crippen molar-refractivity contribution in [2.45, 2.75) is 19.3 Å². The Balaban J connectivity index is 1.42. The van der Waals surface area contributed by atoms with Gasteiger partial charge < -0.3 is 9.64 Å². The highest BCUT2D eigenvalue weighted by Crippen LogP contribution is 2.23. The molecule has 0 bridgehead atoms. The quantitative estimate of drug-likeness (QED) is 0.846. The van der Waals surface area contributed by atoms with Gasteiger partial charge in [-0.2, -0.15) is 5.10 Å². The van der Waals surface area contributed by atoms with Gasteiger partial charge in [0.15, 0.2) is 5.69 Å². The van der Waals surface area contributed by atoms with Gasteiger partial charge in [0.05, 0.1) is 18.7 Å². The third-order valence-electron chi connectivity index (χ3n) is 5.72. The van der Waals surface area contributed by atoms with Gasteiger partial charge in [-0.1, -0.05) is 18.2 Å². The lowest BCUT2D eigenvalue weighted by atomic mass is 10.00. The zero-order chi connectivity index (χ0) is 17.9. The molecule has 1 atom stereocenters. The number of amides is 1. The number of carbonyl (C=O) groups is 1. The van der Waals surface area contributed by atoms with E-state index in [0.717, 1.165) is 69.7 Å². The SMILES string of the molecule is Cn1nc(C(=O)N2CCCC(CN3CCOCC3)CC2)c2ccccc21. The van der Waals surface area contributed by atoms with Crippen LogP contribution in [-0.4, -0.2) is 71.4 Å². The van der Waals surface area contributed by atoms with Gasteiger partial charge in [0.25, 0.3) is 5.91 Å². The van der Waals surface area contributed by atoms with Crippen molar-refractivity contribution >= 4 is 16.8 Å². The maximum Gasteiger partial charge on any atom is 0.274 e. The summed E-state index contributed by atoms with van der Waals surface area (Å²) in [6.45, 7) is 6.59. The maximum atomic E-state index is 13.1. The number of aromatic nitrogens is 2. The number of para-hydroxylation sites is 1. The number of fused-ring (bicyclic) bond motifs is 1. The summed E-state index contributed by atoms with van der Waals surface area (Å²) in [5, 5.41) is 5.46. The van der Waals surface area contributed by atoms with E-state index in [9.17, 15) is 4.79 Å². The number of likely N-dealkylation sites (tertiary alicyclic amines) is 1. The van der Waals surface area contributed by atoms with Crippen molar-refractivity contribution in [2.75, 3.05) is 45.9 Å². The van der Waals surface area contributed by atoms with E-state index in [-0.39, 0.29) is 5.91 Å². The fraction of sp³-hybridized carbons (Fsp3) is 0.600. The lowest BCUT2D eigenvalue weighted by Gasteiger charge is -2.30. The van der Waals surface area contributed by atoms with Gasteiger partial charge in [0.2, 0.25) is 0 Å². The number of nitrogens with zero attached hydrogens (tertiary/aromatic N) is 4. The highest BCUT2D eigenvalue weighted by Gasteiger charge is 2.26. The topological polar surface area (TPSA) is 50.6 Å². The molecule has 2 saturated heterocycles. The summed E-state index contributed by atoms with van der Waals surface area (Å²) in [6, 6.07) is 7.97. The Morgan fingerprint density at radius 2 is 1.96 bits per heavy atom. The molecule has 0 N–H and O–H groups in total. The number of hydrogen-bond acceptors (Lipinski definition) is 4. The van der Waals surface area contributed by atoms with Crippen LogP contribution in [0, 0.1) is 5.92 Å². The standard InChI is InChI=1S/C20H28N4O2/c1-22-18-7-3-2-6-17(18)19(21-22)20(25)24-9-4-5-16(8-10-24)15-23-11-13-26-14-12-23/h2-3,6-7,16H,4-5,8-15H2,1H3. The number of hydrogen-bond donors (Lipinski definition) is 0. The van der Waals surface area contributed by atoms with Gasteiger partial charge in [-0.3, -0.25) is 14.4 Å². The van der Waals surface area contributed by atoms with E-state index in [4.69, 9.17) is 4.74 Å². The minimum Gasteiger partial charge on any atom is -0.379 e. The molecule has 1 amide bonds. The van der Waals surface area contributed by atoms with Crippen molar-refractivity contribution in [3.63, 3.8) is 0 Å². The van der Waals surface area contributed by atoms with Crippen LogP contribution < -0.4 is 0 Å². The highest BCUT2D eigenvalue weighted by molar-refractivity contribution is 6.04. The second-order valence-corrected chi connectivity index (χ2v) is 7.49. The normalized spacial score (nSPS) is 22.5. The smallest absolute Gasteiger partial charge is 0.274 e. The molecule has 6 heteroatoms. The first-order chi connectivity index (χ1) is 12.7. The van der Waals surface area contributed by atoms with Crippen molar-refractivity contribution in [3.05, 3.63) is 30.0 Å². The summed E-state index contributed by atoms with van der Waals surface area (Å²) in [5.74, 6) is 0.750. The van der Waals surface area contributed by atoms with Gasteiger partial charge >= 0.3 is 0 Å². The zero-order valence-corrected chi connectivity index (χ0v) is 15.6. The molecule has 26 heavy (non-hydrogen) atoms. The van der Waals surface area contributed by atoms with E-state index in [1.54, 1.807) is 0 Å². The Bertz CT molecular complexity index is 766. The van der Waals surface area contributed by atoms with Crippen molar-refractivity contribution in [1.29, 1.82) is 0 Å². The molecule has 2 aliphatic rings. The van der Waals surface area contributed by atoms with Crippen LogP contribution in [0.2, 0.25) is 0 Å². The van der Waals surface area contributed by atoms with Crippen molar-refractivity contribution in [1.82, 2.24) is 19.6 Å². The Hall–Kier alpha value is -1.92. The van der Waals surface area contributed by atoms with Crippen LogP contribution in [0.25, 0.3) is 10.9 Å². The first kappa shape index (κ1) is 17.5. The van der Waals surface area contributed by atoms with Gasteiger partial charge in [-0.25, -0.2) is 0 Å². The average Bonchev–Trinajstić information content (AvgIpc) is 2.85. The molecule has 4 rings (SSSR count). The van der Waals surface area contributed by atoms with Crippen LogP contribution in [0.4, 0.5) is 0 Å². The molecule has 140 valence electrons. The maximum absolute atomic E-state index is 13.1. The first-order valence-corrected chi connectivity index (χ1v) is 9.73. The minimum atomic E-state index is 0.0776. The summed E-state index contributed by atoms with van der Waals surface area (Å²) in [4.78, 5) is 17.6. The molecule has 1 aromatic carbocycles. The second kappa shape index (κ2) is 7.76. The van der Waals surface area contributed by atoms with Crippen LogP contribution in [-0.2, 0) is 11.8 Å². The van der Waals surface area contributed by atoms with E-state index in [1.807, 2.05) is 40.9 Å². The largest absolute Gasteiger partial charge is 0.379 e. The van der Waals surface area contributed by atoms with Gasteiger partial charge in [-0.05, 0) is 31.2 Å². The average molecular weight is 356 g/mol.